The van der Waals surface area contributed by atoms with Crippen LogP contribution in [0.25, 0.3) is 0 Å². The molecule has 23 heavy (non-hydrogen) atoms. The molecular weight excluding hydrogens is 294 g/mol. The largest absolute Gasteiger partial charge is 0.343 e. The molecular formula is C16H17N5O2. The number of hydrogen-bond donors (Lipinski definition) is 1. The van der Waals surface area contributed by atoms with Gasteiger partial charge in [0, 0.05) is 13.2 Å². The van der Waals surface area contributed by atoms with Crippen LogP contribution < -0.4 is 5.32 Å². The Labute approximate surface area is 133 Å². The third-order valence-electron chi connectivity index (χ3n) is 3.39. The minimum Gasteiger partial charge on any atom is -0.343 e. The predicted octanol–water partition coefficient (Wildman–Crippen LogP) is 1.83. The molecule has 0 radical (unpaired) electrons. The molecule has 0 unspecified atom stereocenters. The van der Waals surface area contributed by atoms with Crippen LogP contribution in [0, 0.1) is 6.92 Å². The van der Waals surface area contributed by atoms with Crippen LogP contribution in [0.5, 0.6) is 0 Å². The van der Waals surface area contributed by atoms with E-state index in [1.165, 1.54) is 0 Å². The maximum absolute atomic E-state index is 12.4. The summed E-state index contributed by atoms with van der Waals surface area (Å²) < 4.78 is 6.91. The monoisotopic (exact) mass is 311 g/mol. The Kier molecular flexibility index (Phi) is 4.18. The normalized spacial score (nSPS) is 12.1. The maximum Gasteiger partial charge on any atom is 0.271 e. The van der Waals surface area contributed by atoms with Crippen molar-refractivity contribution in [1.82, 2.24) is 25.0 Å². The SMILES string of the molecule is Cc1noc(C[C@H](NC(=O)c2cn(C)cn2)c2ccccc2)n1. The second kappa shape index (κ2) is 6.43. The second-order valence-electron chi connectivity index (χ2n) is 5.30. The zero-order chi connectivity index (χ0) is 16.2. The molecule has 2 aromatic heterocycles. The summed E-state index contributed by atoms with van der Waals surface area (Å²) in [6.45, 7) is 1.76. The Morgan fingerprint density at radius 3 is 2.74 bits per heavy atom. The Hall–Kier alpha value is -2.96. The lowest BCUT2D eigenvalue weighted by Gasteiger charge is -2.17. The average molecular weight is 311 g/mol. The molecule has 1 N–H and O–H groups in total. The van der Waals surface area contributed by atoms with Gasteiger partial charge in [0.25, 0.3) is 5.91 Å². The fraction of sp³-hybridized carbons (Fsp3) is 0.250. The fourth-order valence-electron chi connectivity index (χ4n) is 2.30. The van der Waals surface area contributed by atoms with E-state index in [-0.39, 0.29) is 11.9 Å². The van der Waals surface area contributed by atoms with Crippen molar-refractivity contribution in [3.63, 3.8) is 0 Å². The third-order valence-corrected chi connectivity index (χ3v) is 3.39. The van der Waals surface area contributed by atoms with Gasteiger partial charge < -0.3 is 14.4 Å². The van der Waals surface area contributed by atoms with Crippen LogP contribution in [0.4, 0.5) is 0 Å². The molecule has 0 aliphatic rings. The van der Waals surface area contributed by atoms with Crippen molar-refractivity contribution in [3.05, 3.63) is 65.8 Å². The summed E-state index contributed by atoms with van der Waals surface area (Å²) in [5.74, 6) is 0.816. The van der Waals surface area contributed by atoms with Crippen LogP contribution >= 0.6 is 0 Å². The molecule has 7 heteroatoms. The molecule has 3 rings (SSSR count). The lowest BCUT2D eigenvalue weighted by atomic mass is 10.0. The average Bonchev–Trinajstić information content (AvgIpc) is 3.16. The van der Waals surface area contributed by atoms with Crippen LogP contribution in [-0.4, -0.2) is 25.6 Å². The first kappa shape index (κ1) is 15.0. The predicted molar refractivity (Wildman–Crippen MR) is 82.6 cm³/mol. The molecule has 0 aliphatic carbocycles. The van der Waals surface area contributed by atoms with Gasteiger partial charge in [-0.05, 0) is 12.5 Å². The number of amides is 1. The summed E-state index contributed by atoms with van der Waals surface area (Å²) in [5, 5.41) is 6.77. The topological polar surface area (TPSA) is 85.8 Å². The molecule has 0 bridgehead atoms. The first-order chi connectivity index (χ1) is 11.1. The molecule has 3 aromatic rings. The molecule has 0 saturated carbocycles. The van der Waals surface area contributed by atoms with Gasteiger partial charge in [-0.3, -0.25) is 4.79 Å². The quantitative estimate of drug-likeness (QED) is 0.777. The molecule has 0 fully saturated rings. The van der Waals surface area contributed by atoms with Crippen LogP contribution in [0.15, 0.2) is 47.4 Å². The van der Waals surface area contributed by atoms with Gasteiger partial charge >= 0.3 is 0 Å². The van der Waals surface area contributed by atoms with Crippen molar-refractivity contribution < 1.29 is 9.32 Å². The van der Waals surface area contributed by atoms with E-state index < -0.39 is 0 Å². The number of carbonyl (C=O) groups is 1. The van der Waals surface area contributed by atoms with Gasteiger partial charge in [0.1, 0.15) is 5.69 Å². The lowest BCUT2D eigenvalue weighted by Crippen LogP contribution is -2.30. The molecule has 1 aromatic carbocycles. The summed E-state index contributed by atoms with van der Waals surface area (Å²) in [5.41, 5.74) is 1.34. The summed E-state index contributed by atoms with van der Waals surface area (Å²) in [6, 6.07) is 9.41. The summed E-state index contributed by atoms with van der Waals surface area (Å²) in [7, 11) is 1.82. The second-order valence-corrected chi connectivity index (χ2v) is 5.30. The van der Waals surface area contributed by atoms with E-state index in [4.69, 9.17) is 4.52 Å². The number of nitrogens with zero attached hydrogens (tertiary/aromatic N) is 4. The summed E-state index contributed by atoms with van der Waals surface area (Å²) in [4.78, 5) is 20.7. The van der Waals surface area contributed by atoms with Crippen molar-refractivity contribution in [1.29, 1.82) is 0 Å². The van der Waals surface area contributed by atoms with Crippen LogP contribution in [0.1, 0.15) is 33.8 Å². The number of imidazole rings is 1. The Morgan fingerprint density at radius 2 is 2.13 bits per heavy atom. The minimum absolute atomic E-state index is 0.240. The molecule has 7 nitrogen and oxygen atoms in total. The van der Waals surface area contributed by atoms with Crippen molar-refractivity contribution in [2.45, 2.75) is 19.4 Å². The number of nitrogens with one attached hydrogen (secondary N) is 1. The number of aromatic nitrogens is 4. The van der Waals surface area contributed by atoms with Crippen molar-refractivity contribution in [2.24, 2.45) is 7.05 Å². The van der Waals surface area contributed by atoms with Gasteiger partial charge in [-0.25, -0.2) is 4.98 Å². The van der Waals surface area contributed by atoms with Gasteiger partial charge in [-0.2, -0.15) is 4.98 Å². The molecule has 0 aliphatic heterocycles. The zero-order valence-electron chi connectivity index (χ0n) is 12.9. The van der Waals surface area contributed by atoms with E-state index >= 15 is 0 Å². The fourth-order valence-corrected chi connectivity index (χ4v) is 2.30. The van der Waals surface area contributed by atoms with Gasteiger partial charge in [0.2, 0.25) is 5.89 Å². The van der Waals surface area contributed by atoms with Crippen LogP contribution in [-0.2, 0) is 13.5 Å². The standard InChI is InChI=1S/C16H17N5O2/c1-11-18-15(23-20-11)8-13(12-6-4-3-5-7-12)19-16(22)14-9-21(2)10-17-14/h3-7,9-10,13H,8H2,1-2H3,(H,19,22)/t13-/m0/s1. The van der Waals surface area contributed by atoms with Crippen molar-refractivity contribution in [2.75, 3.05) is 0 Å². The molecule has 0 spiro atoms. The van der Waals surface area contributed by atoms with Crippen molar-refractivity contribution >= 4 is 5.91 Å². The molecule has 118 valence electrons. The minimum atomic E-state index is -0.273. The summed E-state index contributed by atoms with van der Waals surface area (Å²) >= 11 is 0. The Balaban J connectivity index is 1.81. The van der Waals surface area contributed by atoms with E-state index in [0.29, 0.717) is 23.8 Å². The smallest absolute Gasteiger partial charge is 0.271 e. The number of benzene rings is 1. The van der Waals surface area contributed by atoms with Gasteiger partial charge in [-0.1, -0.05) is 35.5 Å². The third kappa shape index (κ3) is 3.63. The molecule has 0 saturated heterocycles. The van der Waals surface area contributed by atoms with Crippen molar-refractivity contribution in [3.8, 4) is 0 Å². The lowest BCUT2D eigenvalue weighted by molar-refractivity contribution is 0.0930. The molecule has 1 amide bonds. The first-order valence-corrected chi connectivity index (χ1v) is 7.25. The Bertz CT molecular complexity index is 794. The highest BCUT2D eigenvalue weighted by Crippen LogP contribution is 2.18. The van der Waals surface area contributed by atoms with Gasteiger partial charge in [-0.15, -0.1) is 0 Å². The van der Waals surface area contributed by atoms with E-state index in [9.17, 15) is 4.79 Å². The number of carbonyl (C=O) groups excluding carboxylic acids is 1. The van der Waals surface area contributed by atoms with Crippen LogP contribution in [0.3, 0.4) is 0 Å². The number of rotatable bonds is 5. The van der Waals surface area contributed by atoms with Crippen LogP contribution in [0.2, 0.25) is 0 Å². The first-order valence-electron chi connectivity index (χ1n) is 7.25. The molecule has 2 heterocycles. The van der Waals surface area contributed by atoms with E-state index in [1.54, 1.807) is 24.0 Å². The maximum atomic E-state index is 12.4. The Morgan fingerprint density at radius 1 is 1.35 bits per heavy atom. The van der Waals surface area contributed by atoms with E-state index in [2.05, 4.69) is 20.4 Å². The van der Waals surface area contributed by atoms with E-state index in [1.807, 2.05) is 37.4 Å². The highest BCUT2D eigenvalue weighted by Gasteiger charge is 2.20. The number of aryl methyl sites for hydroxylation is 2. The zero-order valence-corrected chi connectivity index (χ0v) is 12.9. The van der Waals surface area contributed by atoms with Gasteiger partial charge in [0.15, 0.2) is 5.82 Å². The van der Waals surface area contributed by atoms with E-state index in [0.717, 1.165) is 5.56 Å². The number of hydrogen-bond acceptors (Lipinski definition) is 5. The van der Waals surface area contributed by atoms with Gasteiger partial charge in [0.05, 0.1) is 18.8 Å². The highest BCUT2D eigenvalue weighted by atomic mass is 16.5. The highest BCUT2D eigenvalue weighted by molar-refractivity contribution is 5.92. The molecule has 1 atom stereocenters. The summed E-state index contributed by atoms with van der Waals surface area (Å²) in [6.07, 6.45) is 3.69.